The summed E-state index contributed by atoms with van der Waals surface area (Å²) in [7, 11) is 0. The predicted octanol–water partition coefficient (Wildman–Crippen LogP) is 7.16. The highest BCUT2D eigenvalue weighted by atomic mass is 32.1. The van der Waals surface area contributed by atoms with Gasteiger partial charge in [0.25, 0.3) is 0 Å². The summed E-state index contributed by atoms with van der Waals surface area (Å²) in [5.41, 5.74) is 4.66. The van der Waals surface area contributed by atoms with E-state index in [2.05, 4.69) is 34.6 Å². The van der Waals surface area contributed by atoms with Crippen molar-refractivity contribution >= 4 is 40.7 Å². The van der Waals surface area contributed by atoms with Gasteiger partial charge in [-0.1, -0.05) is 36.4 Å². The van der Waals surface area contributed by atoms with Crippen molar-refractivity contribution in [2.75, 3.05) is 4.90 Å². The summed E-state index contributed by atoms with van der Waals surface area (Å²) in [4.78, 5) is 12.5. The molecule has 0 atom stereocenters. The van der Waals surface area contributed by atoms with E-state index in [0.717, 1.165) is 55.7 Å². The van der Waals surface area contributed by atoms with Crippen LogP contribution in [-0.4, -0.2) is 9.97 Å². The van der Waals surface area contributed by atoms with E-state index in [0.29, 0.717) is 0 Å². The summed E-state index contributed by atoms with van der Waals surface area (Å²) in [6.45, 7) is 0. The number of fused-ring (bicyclic) bond motifs is 3. The second-order valence-corrected chi connectivity index (χ2v) is 7.80. The van der Waals surface area contributed by atoms with Crippen LogP contribution in [0.15, 0.2) is 102 Å². The first-order valence-corrected chi connectivity index (χ1v) is 10.4. The topological polar surface area (TPSA) is 38.2 Å². The molecule has 0 amide bonds. The molecule has 148 valence electrons. The third-order valence-corrected chi connectivity index (χ3v) is 5.76. The minimum Gasteiger partial charge on any atom is -0.453 e. The van der Waals surface area contributed by atoms with Crippen LogP contribution < -0.4 is 9.64 Å². The van der Waals surface area contributed by atoms with Gasteiger partial charge in [0.05, 0.1) is 22.6 Å². The molecule has 0 fully saturated rings. The van der Waals surface area contributed by atoms with Crippen molar-refractivity contribution in [1.82, 2.24) is 9.97 Å². The maximum atomic E-state index is 6.21. The molecule has 3 aromatic carbocycles. The average molecular weight is 420 g/mol. The van der Waals surface area contributed by atoms with E-state index >= 15 is 0 Å². The lowest BCUT2D eigenvalue weighted by Gasteiger charge is -2.32. The standard InChI is InChI=1S/C26H17N3OS/c31-24-9-5-6-17-11-13-19(28-26(17)24)18-12-14-23-21(16-18)29(25-10-3-4-15-27-25)20-7-1-2-8-22(20)30-23/h1-16,31H. The maximum Gasteiger partial charge on any atom is 0.151 e. The number of benzene rings is 3. The molecule has 31 heavy (non-hydrogen) atoms. The molecule has 0 saturated carbocycles. The number of aromatic nitrogens is 2. The van der Waals surface area contributed by atoms with Crippen molar-refractivity contribution < 1.29 is 4.74 Å². The van der Waals surface area contributed by atoms with Crippen molar-refractivity contribution in [3.8, 4) is 22.8 Å². The molecule has 0 N–H and O–H groups in total. The zero-order chi connectivity index (χ0) is 20.8. The molecular formula is C26H17N3OS. The molecule has 2 aromatic heterocycles. The number of rotatable bonds is 2. The average Bonchev–Trinajstić information content (AvgIpc) is 2.83. The first kappa shape index (κ1) is 18.0. The monoisotopic (exact) mass is 419 g/mol. The zero-order valence-corrected chi connectivity index (χ0v) is 17.3. The third-order valence-electron chi connectivity index (χ3n) is 5.40. The SMILES string of the molecule is Sc1cccc2ccc(-c3ccc4c(c3)N(c3ccccn3)c3ccccc3O4)nc12. The van der Waals surface area contributed by atoms with Gasteiger partial charge >= 0.3 is 0 Å². The quantitative estimate of drug-likeness (QED) is 0.302. The molecule has 5 heteroatoms. The molecule has 0 unspecified atom stereocenters. The minimum absolute atomic E-state index is 0.781. The molecule has 1 aliphatic rings. The Hall–Kier alpha value is -3.83. The summed E-state index contributed by atoms with van der Waals surface area (Å²) in [5, 5.41) is 1.07. The van der Waals surface area contributed by atoms with Crippen LogP contribution in [0.2, 0.25) is 0 Å². The Kier molecular flexibility index (Phi) is 4.14. The summed E-state index contributed by atoms with van der Waals surface area (Å²) < 4.78 is 6.21. The van der Waals surface area contributed by atoms with Gasteiger partial charge in [0, 0.05) is 22.0 Å². The highest BCUT2D eigenvalue weighted by Gasteiger charge is 2.26. The summed E-state index contributed by atoms with van der Waals surface area (Å²) >= 11 is 4.58. The number of nitrogens with zero attached hydrogens (tertiary/aromatic N) is 3. The van der Waals surface area contributed by atoms with Crippen molar-refractivity contribution in [3.63, 3.8) is 0 Å². The lowest BCUT2D eigenvalue weighted by Crippen LogP contribution is -2.16. The Balaban J connectivity index is 1.54. The first-order valence-electron chi connectivity index (χ1n) is 9.99. The predicted molar refractivity (Wildman–Crippen MR) is 127 cm³/mol. The number of thiol groups is 1. The van der Waals surface area contributed by atoms with Crippen molar-refractivity contribution in [3.05, 3.63) is 97.2 Å². The lowest BCUT2D eigenvalue weighted by atomic mass is 10.1. The number of anilines is 3. The molecule has 1 aliphatic heterocycles. The molecular weight excluding hydrogens is 402 g/mol. The van der Waals surface area contributed by atoms with Crippen LogP contribution in [0.25, 0.3) is 22.2 Å². The fourth-order valence-electron chi connectivity index (χ4n) is 3.94. The smallest absolute Gasteiger partial charge is 0.151 e. The summed E-state index contributed by atoms with van der Waals surface area (Å²) in [6, 6.07) is 30.2. The van der Waals surface area contributed by atoms with Crippen LogP contribution >= 0.6 is 12.6 Å². The van der Waals surface area contributed by atoms with Gasteiger partial charge in [-0.2, -0.15) is 0 Å². The van der Waals surface area contributed by atoms with Gasteiger partial charge in [0.1, 0.15) is 5.82 Å². The van der Waals surface area contributed by atoms with E-state index < -0.39 is 0 Å². The molecule has 0 bridgehead atoms. The van der Waals surface area contributed by atoms with E-state index in [1.54, 1.807) is 6.20 Å². The molecule has 5 aromatic rings. The Labute approximate surface area is 185 Å². The number of hydrogen-bond acceptors (Lipinski definition) is 5. The van der Waals surface area contributed by atoms with Gasteiger partial charge in [0.15, 0.2) is 11.5 Å². The van der Waals surface area contributed by atoms with Gasteiger partial charge in [-0.25, -0.2) is 9.97 Å². The van der Waals surface area contributed by atoms with Crippen molar-refractivity contribution in [1.29, 1.82) is 0 Å². The van der Waals surface area contributed by atoms with Crippen molar-refractivity contribution in [2.24, 2.45) is 0 Å². The first-order chi connectivity index (χ1) is 15.3. The van der Waals surface area contributed by atoms with E-state index in [1.807, 2.05) is 78.9 Å². The van der Waals surface area contributed by atoms with Crippen LogP contribution in [0.3, 0.4) is 0 Å². The molecule has 4 nitrogen and oxygen atoms in total. The fourth-order valence-corrected chi connectivity index (χ4v) is 4.20. The Morgan fingerprint density at radius 1 is 0.742 bits per heavy atom. The Bertz CT molecular complexity index is 1440. The molecule has 0 saturated heterocycles. The number of para-hydroxylation sites is 3. The van der Waals surface area contributed by atoms with Gasteiger partial charge in [-0.3, -0.25) is 4.90 Å². The Morgan fingerprint density at radius 2 is 1.61 bits per heavy atom. The van der Waals surface area contributed by atoms with Gasteiger partial charge in [-0.05, 0) is 54.6 Å². The number of hydrogen-bond donors (Lipinski definition) is 1. The van der Waals surface area contributed by atoms with Crippen LogP contribution in [0, 0.1) is 0 Å². The highest BCUT2D eigenvalue weighted by molar-refractivity contribution is 7.80. The number of ether oxygens (including phenoxy) is 1. The normalized spacial score (nSPS) is 12.2. The molecule has 0 spiro atoms. The summed E-state index contributed by atoms with van der Waals surface area (Å²) in [5.74, 6) is 2.42. The van der Waals surface area contributed by atoms with Gasteiger partial charge in [-0.15, -0.1) is 12.6 Å². The largest absolute Gasteiger partial charge is 0.453 e. The molecule has 3 heterocycles. The molecule has 0 aliphatic carbocycles. The minimum atomic E-state index is 0.781. The van der Waals surface area contributed by atoms with Crippen LogP contribution in [0.4, 0.5) is 17.2 Å². The van der Waals surface area contributed by atoms with Crippen LogP contribution in [0.5, 0.6) is 11.5 Å². The van der Waals surface area contributed by atoms with E-state index in [9.17, 15) is 0 Å². The van der Waals surface area contributed by atoms with Crippen LogP contribution in [0.1, 0.15) is 0 Å². The molecule has 0 radical (unpaired) electrons. The van der Waals surface area contributed by atoms with Crippen molar-refractivity contribution in [2.45, 2.75) is 4.90 Å². The highest BCUT2D eigenvalue weighted by Crippen LogP contribution is 2.50. The Morgan fingerprint density at radius 3 is 2.52 bits per heavy atom. The zero-order valence-electron chi connectivity index (χ0n) is 16.4. The summed E-state index contributed by atoms with van der Waals surface area (Å²) in [6.07, 6.45) is 1.80. The third kappa shape index (κ3) is 3.02. The second kappa shape index (κ2) is 7.15. The van der Waals surface area contributed by atoms with E-state index in [-0.39, 0.29) is 0 Å². The van der Waals surface area contributed by atoms with E-state index in [4.69, 9.17) is 9.72 Å². The second-order valence-electron chi connectivity index (χ2n) is 7.32. The fraction of sp³-hybridized carbons (Fsp3) is 0. The maximum absolute atomic E-state index is 6.21. The van der Waals surface area contributed by atoms with Crippen LogP contribution in [-0.2, 0) is 0 Å². The van der Waals surface area contributed by atoms with Gasteiger partial charge in [0.2, 0.25) is 0 Å². The lowest BCUT2D eigenvalue weighted by molar-refractivity contribution is 0.477. The molecule has 6 rings (SSSR count). The number of pyridine rings is 2. The van der Waals surface area contributed by atoms with E-state index in [1.165, 1.54) is 0 Å². The van der Waals surface area contributed by atoms with Gasteiger partial charge < -0.3 is 4.74 Å².